The first-order valence-electron chi connectivity index (χ1n) is 5.80. The lowest BCUT2D eigenvalue weighted by molar-refractivity contribution is -0.141. The van der Waals surface area contributed by atoms with E-state index >= 15 is 0 Å². The van der Waals surface area contributed by atoms with E-state index in [1.165, 1.54) is 30.6 Å². The predicted octanol–water partition coefficient (Wildman–Crippen LogP) is 3.00. The summed E-state index contributed by atoms with van der Waals surface area (Å²) in [6.45, 7) is 3.45. The summed E-state index contributed by atoms with van der Waals surface area (Å²) in [7, 11) is 1.48. The number of carboxylic acids is 1. The third-order valence-corrected chi connectivity index (χ3v) is 3.91. The molecule has 4 nitrogen and oxygen atoms in total. The molecule has 0 aliphatic heterocycles. The zero-order valence-electron chi connectivity index (χ0n) is 11.0. The molecule has 1 aromatic rings. The van der Waals surface area contributed by atoms with E-state index in [4.69, 9.17) is 16.7 Å². The number of nitrogens with zero attached hydrogens (tertiary/aromatic N) is 1. The van der Waals surface area contributed by atoms with Gasteiger partial charge in [-0.2, -0.15) is 0 Å². The van der Waals surface area contributed by atoms with Crippen LogP contribution in [0.2, 0.25) is 5.02 Å². The minimum absolute atomic E-state index is 0.317. The van der Waals surface area contributed by atoms with Crippen LogP contribution in [0.1, 0.15) is 24.2 Å². The molecule has 6 heteroatoms. The molecule has 0 aliphatic carbocycles. The number of thioether (sulfide) groups is 1. The molecule has 0 saturated heterocycles. The van der Waals surface area contributed by atoms with Gasteiger partial charge in [-0.3, -0.25) is 4.79 Å². The third-order valence-electron chi connectivity index (χ3n) is 2.73. The molecular formula is C13H16ClNO3S. The molecule has 0 radical (unpaired) electrons. The van der Waals surface area contributed by atoms with Crippen LogP contribution in [-0.2, 0) is 4.79 Å². The fourth-order valence-electron chi connectivity index (χ4n) is 1.48. The Labute approximate surface area is 121 Å². The van der Waals surface area contributed by atoms with Crippen LogP contribution in [0.3, 0.4) is 0 Å². The van der Waals surface area contributed by atoms with Crippen LogP contribution >= 0.6 is 23.4 Å². The maximum absolute atomic E-state index is 12.3. The van der Waals surface area contributed by atoms with Crippen LogP contribution < -0.4 is 0 Å². The van der Waals surface area contributed by atoms with Crippen molar-refractivity contribution in [2.24, 2.45) is 0 Å². The lowest BCUT2D eigenvalue weighted by Crippen LogP contribution is -2.40. The van der Waals surface area contributed by atoms with Gasteiger partial charge in [0.1, 0.15) is 6.04 Å². The third kappa shape index (κ3) is 3.88. The van der Waals surface area contributed by atoms with Crippen LogP contribution in [0.25, 0.3) is 0 Å². The van der Waals surface area contributed by atoms with Crippen LogP contribution in [0.4, 0.5) is 0 Å². The second-order valence-corrected chi connectivity index (χ2v) is 5.75. The second-order valence-electron chi connectivity index (χ2n) is 4.00. The van der Waals surface area contributed by atoms with Crippen molar-refractivity contribution in [3.8, 4) is 0 Å². The van der Waals surface area contributed by atoms with Gasteiger partial charge >= 0.3 is 5.97 Å². The molecule has 0 bridgehead atoms. The highest BCUT2D eigenvalue weighted by molar-refractivity contribution is 7.99. The maximum Gasteiger partial charge on any atom is 0.326 e. The first-order chi connectivity index (χ1) is 8.88. The van der Waals surface area contributed by atoms with Gasteiger partial charge in [-0.05, 0) is 30.9 Å². The number of benzene rings is 1. The first kappa shape index (κ1) is 15.9. The van der Waals surface area contributed by atoms with Gasteiger partial charge in [0.2, 0.25) is 0 Å². The Hall–Kier alpha value is -1.20. The Kier molecular flexibility index (Phi) is 5.69. The summed E-state index contributed by atoms with van der Waals surface area (Å²) in [5.74, 6) is -0.546. The second kappa shape index (κ2) is 6.82. The minimum atomic E-state index is -1.03. The van der Waals surface area contributed by atoms with E-state index in [9.17, 15) is 9.59 Å². The lowest BCUT2D eigenvalue weighted by atomic mass is 10.1. The molecule has 104 valence electrons. The van der Waals surface area contributed by atoms with Gasteiger partial charge in [0.05, 0.1) is 5.56 Å². The number of aliphatic carboxylic acids is 1. The Morgan fingerprint density at radius 1 is 1.47 bits per heavy atom. The van der Waals surface area contributed by atoms with Crippen molar-refractivity contribution >= 4 is 35.2 Å². The van der Waals surface area contributed by atoms with Gasteiger partial charge in [-0.25, -0.2) is 4.79 Å². The van der Waals surface area contributed by atoms with Gasteiger partial charge in [-0.1, -0.05) is 18.5 Å². The van der Waals surface area contributed by atoms with E-state index in [1.807, 2.05) is 6.92 Å². The molecule has 1 N–H and O–H groups in total. The van der Waals surface area contributed by atoms with Crippen LogP contribution in [-0.4, -0.2) is 40.7 Å². The largest absolute Gasteiger partial charge is 0.480 e. The fraction of sp³-hybridized carbons (Fsp3) is 0.385. The van der Waals surface area contributed by atoms with Crippen molar-refractivity contribution in [2.45, 2.75) is 24.8 Å². The first-order valence-corrected chi connectivity index (χ1v) is 7.17. The molecular weight excluding hydrogens is 286 g/mol. The van der Waals surface area contributed by atoms with Crippen LogP contribution in [0.5, 0.6) is 0 Å². The number of likely N-dealkylation sites (N-methyl/N-ethyl adjacent to an activating group) is 1. The molecule has 0 aromatic heterocycles. The summed E-state index contributed by atoms with van der Waals surface area (Å²) >= 11 is 7.42. The smallest absolute Gasteiger partial charge is 0.326 e. The Balaban J connectivity index is 3.08. The molecule has 19 heavy (non-hydrogen) atoms. The van der Waals surface area contributed by atoms with Crippen molar-refractivity contribution in [3.05, 3.63) is 28.8 Å². The lowest BCUT2D eigenvalue weighted by Gasteiger charge is -2.22. The van der Waals surface area contributed by atoms with Crippen LogP contribution in [0, 0.1) is 0 Å². The number of hydrogen-bond acceptors (Lipinski definition) is 3. The molecule has 0 fully saturated rings. The Morgan fingerprint density at radius 3 is 2.63 bits per heavy atom. The molecule has 0 aliphatic rings. The topological polar surface area (TPSA) is 57.6 Å². The van der Waals surface area contributed by atoms with Crippen molar-refractivity contribution in [1.29, 1.82) is 0 Å². The Morgan fingerprint density at radius 2 is 2.11 bits per heavy atom. The molecule has 1 amide bonds. The average Bonchev–Trinajstić information content (AvgIpc) is 2.36. The van der Waals surface area contributed by atoms with E-state index < -0.39 is 12.0 Å². The monoisotopic (exact) mass is 301 g/mol. The molecule has 1 aromatic carbocycles. The molecule has 1 rings (SSSR count). The summed E-state index contributed by atoms with van der Waals surface area (Å²) < 4.78 is 0. The van der Waals surface area contributed by atoms with Crippen molar-refractivity contribution in [2.75, 3.05) is 12.8 Å². The normalized spacial score (nSPS) is 12.0. The number of halogens is 1. The summed E-state index contributed by atoms with van der Waals surface area (Å²) in [4.78, 5) is 25.2. The Bertz CT molecular complexity index is 493. The van der Waals surface area contributed by atoms with Gasteiger partial charge in [-0.15, -0.1) is 11.8 Å². The summed E-state index contributed by atoms with van der Waals surface area (Å²) in [5, 5.41) is 9.50. The van der Waals surface area contributed by atoms with E-state index in [1.54, 1.807) is 18.2 Å². The highest BCUT2D eigenvalue weighted by atomic mass is 35.5. The molecule has 1 unspecified atom stereocenters. The number of hydrogen-bond donors (Lipinski definition) is 1. The number of carbonyl (C=O) groups excluding carboxylic acids is 1. The highest BCUT2D eigenvalue weighted by Crippen LogP contribution is 2.27. The highest BCUT2D eigenvalue weighted by Gasteiger charge is 2.24. The molecule has 1 atom stereocenters. The van der Waals surface area contributed by atoms with Gasteiger partial charge < -0.3 is 10.0 Å². The van der Waals surface area contributed by atoms with E-state index in [-0.39, 0.29) is 5.91 Å². The standard InChI is InChI=1S/C13H16ClNO3S/c1-4-19-11-7-9(14)5-6-10(11)12(16)15(3)8(2)13(17)18/h5-8H,4H2,1-3H3,(H,17,18). The quantitative estimate of drug-likeness (QED) is 0.849. The summed E-state index contributed by atoms with van der Waals surface area (Å²) in [6.07, 6.45) is 0. The SMILES string of the molecule is CCSc1cc(Cl)ccc1C(=O)N(C)C(C)C(=O)O. The van der Waals surface area contributed by atoms with Crippen molar-refractivity contribution < 1.29 is 14.7 Å². The number of amides is 1. The molecule has 0 heterocycles. The van der Waals surface area contributed by atoms with Gasteiger partial charge in [0.25, 0.3) is 5.91 Å². The van der Waals surface area contributed by atoms with E-state index in [0.717, 1.165) is 10.6 Å². The van der Waals surface area contributed by atoms with Crippen molar-refractivity contribution in [3.63, 3.8) is 0 Å². The average molecular weight is 302 g/mol. The summed E-state index contributed by atoms with van der Waals surface area (Å²) in [5.41, 5.74) is 0.479. The number of carboxylic acid groups (broad SMARTS) is 1. The van der Waals surface area contributed by atoms with Gasteiger partial charge in [0.15, 0.2) is 0 Å². The fourth-order valence-corrected chi connectivity index (χ4v) is 2.55. The van der Waals surface area contributed by atoms with Gasteiger partial charge in [0, 0.05) is 17.0 Å². The molecule has 0 saturated carbocycles. The van der Waals surface area contributed by atoms with E-state index in [0.29, 0.717) is 10.6 Å². The summed E-state index contributed by atoms with van der Waals surface area (Å²) in [6, 6.07) is 4.12. The van der Waals surface area contributed by atoms with Crippen LogP contribution in [0.15, 0.2) is 23.1 Å². The van der Waals surface area contributed by atoms with E-state index in [2.05, 4.69) is 0 Å². The van der Waals surface area contributed by atoms with Crippen molar-refractivity contribution in [1.82, 2.24) is 4.90 Å². The minimum Gasteiger partial charge on any atom is -0.480 e. The zero-order chi connectivity index (χ0) is 14.6. The maximum atomic E-state index is 12.3. The zero-order valence-corrected chi connectivity index (χ0v) is 12.6. The predicted molar refractivity (Wildman–Crippen MR) is 77.0 cm³/mol. The number of rotatable bonds is 5. The molecule has 0 spiro atoms. The number of carbonyl (C=O) groups is 2.